The number of nitrogens with one attached hydrogen (secondary N) is 1. The molecular formula is C18H16N4O3S. The first-order valence-electron chi connectivity index (χ1n) is 7.72. The van der Waals surface area contributed by atoms with Crippen molar-refractivity contribution in [3.8, 4) is 5.75 Å². The molecule has 3 rings (SSSR count). The molecule has 1 heterocycles. The predicted molar refractivity (Wildman–Crippen MR) is 100 cm³/mol. The number of nitro groups is 1. The zero-order valence-corrected chi connectivity index (χ0v) is 15.0. The topological polar surface area (TPSA) is 90.2 Å². The third-order valence-electron chi connectivity index (χ3n) is 3.56. The van der Waals surface area contributed by atoms with Gasteiger partial charge in [-0.05, 0) is 43.3 Å². The predicted octanol–water partition coefficient (Wildman–Crippen LogP) is 4.60. The first kappa shape index (κ1) is 17.7. The Bertz CT molecular complexity index is 915. The van der Waals surface area contributed by atoms with Crippen LogP contribution in [0.5, 0.6) is 5.75 Å². The lowest BCUT2D eigenvalue weighted by atomic mass is 10.2. The highest BCUT2D eigenvalue weighted by Crippen LogP contribution is 2.37. The van der Waals surface area contributed by atoms with Gasteiger partial charge in [-0.1, -0.05) is 29.5 Å². The van der Waals surface area contributed by atoms with Gasteiger partial charge in [-0.15, -0.1) is 0 Å². The van der Waals surface area contributed by atoms with E-state index < -0.39 is 4.92 Å². The minimum atomic E-state index is -0.470. The molecule has 8 heteroatoms. The van der Waals surface area contributed by atoms with Gasteiger partial charge in [0.15, 0.2) is 5.03 Å². The van der Waals surface area contributed by atoms with Crippen LogP contribution >= 0.6 is 11.8 Å². The summed E-state index contributed by atoms with van der Waals surface area (Å²) in [5.41, 5.74) is 1.63. The van der Waals surface area contributed by atoms with E-state index in [1.807, 2.05) is 31.2 Å². The maximum atomic E-state index is 11.6. The van der Waals surface area contributed by atoms with Crippen molar-refractivity contribution in [1.29, 1.82) is 0 Å². The minimum absolute atomic E-state index is 0.143. The van der Waals surface area contributed by atoms with Crippen LogP contribution in [0.2, 0.25) is 0 Å². The molecule has 0 aliphatic rings. The maximum absolute atomic E-state index is 11.6. The number of aryl methyl sites for hydroxylation is 1. The summed E-state index contributed by atoms with van der Waals surface area (Å²) in [4.78, 5) is 20.2. The number of benzene rings is 2. The smallest absolute Gasteiger partial charge is 0.343 e. The van der Waals surface area contributed by atoms with E-state index in [1.165, 1.54) is 18.1 Å². The van der Waals surface area contributed by atoms with Gasteiger partial charge in [0.25, 0.3) is 0 Å². The highest BCUT2D eigenvalue weighted by Gasteiger charge is 2.24. The summed E-state index contributed by atoms with van der Waals surface area (Å²) in [6.45, 7) is 1.98. The fraction of sp³-hybridized carbons (Fsp3) is 0.111. The maximum Gasteiger partial charge on any atom is 0.343 e. The third-order valence-corrected chi connectivity index (χ3v) is 4.56. The largest absolute Gasteiger partial charge is 0.497 e. The molecule has 0 unspecified atom stereocenters. The summed E-state index contributed by atoms with van der Waals surface area (Å²) < 4.78 is 5.11. The molecule has 0 bridgehead atoms. The number of hydrogen-bond donors (Lipinski definition) is 1. The van der Waals surface area contributed by atoms with Crippen LogP contribution in [0.4, 0.5) is 17.2 Å². The van der Waals surface area contributed by atoms with Gasteiger partial charge >= 0.3 is 5.69 Å². The first-order valence-corrected chi connectivity index (χ1v) is 8.53. The fourth-order valence-electron chi connectivity index (χ4n) is 2.22. The second-order valence-electron chi connectivity index (χ2n) is 5.40. The lowest BCUT2D eigenvalue weighted by Gasteiger charge is -2.09. The molecular weight excluding hydrogens is 352 g/mol. The summed E-state index contributed by atoms with van der Waals surface area (Å²) in [7, 11) is 1.58. The summed E-state index contributed by atoms with van der Waals surface area (Å²) in [5, 5.41) is 14.9. The van der Waals surface area contributed by atoms with E-state index in [0.29, 0.717) is 11.4 Å². The zero-order valence-electron chi connectivity index (χ0n) is 14.2. The van der Waals surface area contributed by atoms with Gasteiger partial charge in [0.2, 0.25) is 5.82 Å². The second kappa shape index (κ2) is 7.83. The standard InChI is InChI=1S/C18H16N4O3S/c1-12-3-9-15(10-4-12)26-18-16(22(23)24)17(19-11-20-18)21-13-5-7-14(25-2)8-6-13/h3-11H,1-2H3,(H,19,20,21). The molecule has 1 aromatic heterocycles. The second-order valence-corrected chi connectivity index (χ2v) is 6.46. The Labute approximate surface area is 154 Å². The quantitative estimate of drug-likeness (QED) is 0.386. The lowest BCUT2D eigenvalue weighted by Crippen LogP contribution is -2.02. The molecule has 0 fully saturated rings. The molecule has 0 aliphatic heterocycles. The number of methoxy groups -OCH3 is 1. The number of ether oxygens (including phenoxy) is 1. The Balaban J connectivity index is 1.92. The Morgan fingerprint density at radius 1 is 1.08 bits per heavy atom. The Kier molecular flexibility index (Phi) is 5.33. The monoisotopic (exact) mass is 368 g/mol. The van der Waals surface area contributed by atoms with Crippen LogP contribution in [-0.4, -0.2) is 22.0 Å². The summed E-state index contributed by atoms with van der Waals surface area (Å²) in [6.07, 6.45) is 1.31. The molecule has 0 atom stereocenters. The van der Waals surface area contributed by atoms with E-state index in [-0.39, 0.29) is 16.5 Å². The van der Waals surface area contributed by atoms with E-state index >= 15 is 0 Å². The molecule has 132 valence electrons. The van der Waals surface area contributed by atoms with Gasteiger partial charge in [-0.2, -0.15) is 0 Å². The number of aromatic nitrogens is 2. The van der Waals surface area contributed by atoms with Crippen molar-refractivity contribution in [2.24, 2.45) is 0 Å². The molecule has 0 radical (unpaired) electrons. The van der Waals surface area contributed by atoms with Crippen LogP contribution < -0.4 is 10.1 Å². The van der Waals surface area contributed by atoms with Crippen LogP contribution in [0, 0.1) is 17.0 Å². The zero-order chi connectivity index (χ0) is 18.5. The van der Waals surface area contributed by atoms with Crippen molar-refractivity contribution in [3.63, 3.8) is 0 Å². The number of rotatable bonds is 6. The fourth-order valence-corrected chi connectivity index (χ4v) is 3.09. The van der Waals surface area contributed by atoms with Crippen LogP contribution in [0.25, 0.3) is 0 Å². The highest BCUT2D eigenvalue weighted by atomic mass is 32.2. The van der Waals surface area contributed by atoms with Gasteiger partial charge in [0.1, 0.15) is 12.1 Å². The minimum Gasteiger partial charge on any atom is -0.497 e. The Morgan fingerprint density at radius 2 is 1.77 bits per heavy atom. The first-order chi connectivity index (χ1) is 12.6. The summed E-state index contributed by atoms with van der Waals surface area (Å²) in [6, 6.07) is 14.8. The van der Waals surface area contributed by atoms with Crippen LogP contribution in [0.1, 0.15) is 5.56 Å². The molecule has 0 saturated carbocycles. The van der Waals surface area contributed by atoms with E-state index in [4.69, 9.17) is 4.74 Å². The van der Waals surface area contributed by atoms with Crippen molar-refractivity contribution >= 4 is 29.0 Å². The molecule has 26 heavy (non-hydrogen) atoms. The SMILES string of the molecule is COc1ccc(Nc2ncnc(Sc3ccc(C)cc3)c2[N+](=O)[O-])cc1. The van der Waals surface area contributed by atoms with Crippen LogP contribution in [-0.2, 0) is 0 Å². The molecule has 3 aromatic rings. The highest BCUT2D eigenvalue weighted by molar-refractivity contribution is 7.99. The van der Waals surface area contributed by atoms with Crippen molar-refractivity contribution in [2.45, 2.75) is 16.8 Å². The molecule has 0 spiro atoms. The molecule has 0 saturated heterocycles. The van der Waals surface area contributed by atoms with E-state index in [0.717, 1.165) is 10.5 Å². The van der Waals surface area contributed by atoms with Gasteiger partial charge in [-0.3, -0.25) is 10.1 Å². The normalized spacial score (nSPS) is 10.4. The van der Waals surface area contributed by atoms with Crippen molar-refractivity contribution in [2.75, 3.05) is 12.4 Å². The van der Waals surface area contributed by atoms with Crippen LogP contribution in [0.15, 0.2) is 64.8 Å². The van der Waals surface area contributed by atoms with Gasteiger partial charge in [0.05, 0.1) is 12.0 Å². The number of nitrogens with zero attached hydrogens (tertiary/aromatic N) is 3. The molecule has 7 nitrogen and oxygen atoms in total. The number of anilines is 2. The summed E-state index contributed by atoms with van der Waals surface area (Å²) >= 11 is 1.23. The van der Waals surface area contributed by atoms with Crippen molar-refractivity contribution < 1.29 is 9.66 Å². The van der Waals surface area contributed by atoms with Gasteiger partial charge in [-0.25, -0.2) is 9.97 Å². The average molecular weight is 368 g/mol. The van der Waals surface area contributed by atoms with Crippen molar-refractivity contribution in [1.82, 2.24) is 9.97 Å². The molecule has 1 N–H and O–H groups in total. The van der Waals surface area contributed by atoms with E-state index in [1.54, 1.807) is 31.4 Å². The molecule has 0 amide bonds. The van der Waals surface area contributed by atoms with Crippen LogP contribution in [0.3, 0.4) is 0 Å². The Morgan fingerprint density at radius 3 is 2.38 bits per heavy atom. The lowest BCUT2D eigenvalue weighted by molar-refractivity contribution is -0.387. The molecule has 0 aliphatic carbocycles. The van der Waals surface area contributed by atoms with Crippen molar-refractivity contribution in [3.05, 3.63) is 70.5 Å². The number of hydrogen-bond acceptors (Lipinski definition) is 7. The summed E-state index contributed by atoms with van der Waals surface area (Å²) in [5.74, 6) is 0.841. The molecule has 2 aromatic carbocycles. The van der Waals surface area contributed by atoms with E-state index in [2.05, 4.69) is 15.3 Å². The average Bonchev–Trinajstić information content (AvgIpc) is 2.64. The van der Waals surface area contributed by atoms with E-state index in [9.17, 15) is 10.1 Å². The third kappa shape index (κ3) is 4.09. The Hall–Kier alpha value is -3.13. The van der Waals surface area contributed by atoms with Gasteiger partial charge < -0.3 is 10.1 Å². The van der Waals surface area contributed by atoms with Gasteiger partial charge in [0, 0.05) is 10.6 Å².